The van der Waals surface area contributed by atoms with Crippen molar-refractivity contribution in [2.75, 3.05) is 24.2 Å². The third-order valence-electron chi connectivity index (χ3n) is 3.92. The number of halogens is 2. The molecule has 5 nitrogen and oxygen atoms in total. The van der Waals surface area contributed by atoms with Gasteiger partial charge >= 0.3 is 6.03 Å². The molecule has 0 radical (unpaired) electrons. The van der Waals surface area contributed by atoms with E-state index in [4.69, 9.17) is 11.6 Å². The van der Waals surface area contributed by atoms with Gasteiger partial charge in [-0.05, 0) is 38.5 Å². The minimum Gasteiger partial charge on any atom is -0.323 e. The highest BCUT2D eigenvalue weighted by Gasteiger charge is 2.38. The van der Waals surface area contributed by atoms with Gasteiger partial charge in [-0.2, -0.15) is 0 Å². The zero-order valence-corrected chi connectivity index (χ0v) is 14.0. The summed E-state index contributed by atoms with van der Waals surface area (Å²) in [6.07, 6.45) is 0.339. The molecule has 1 N–H and O–H groups in total. The molecule has 2 amide bonds. The Hall–Kier alpha value is -1.34. The van der Waals surface area contributed by atoms with E-state index >= 15 is 0 Å². The Kier molecular flexibility index (Phi) is 4.67. The SMILES string of the molecule is CC1(C)CCN(C(=O)Nc2ccc(Cl)cc2F)CCS1(=O)=O. The van der Waals surface area contributed by atoms with E-state index in [1.54, 1.807) is 13.8 Å². The van der Waals surface area contributed by atoms with Gasteiger partial charge in [0.05, 0.1) is 16.2 Å². The Morgan fingerprint density at radius 3 is 2.68 bits per heavy atom. The van der Waals surface area contributed by atoms with E-state index in [1.165, 1.54) is 17.0 Å². The normalized spacial score (nSPS) is 20.3. The lowest BCUT2D eigenvalue weighted by atomic mass is 10.1. The molecule has 1 heterocycles. The van der Waals surface area contributed by atoms with Crippen molar-refractivity contribution >= 4 is 33.2 Å². The predicted octanol–water partition coefficient (Wildman–Crippen LogP) is 2.91. The molecule has 122 valence electrons. The maximum Gasteiger partial charge on any atom is 0.321 e. The van der Waals surface area contributed by atoms with Crippen LogP contribution in [0.1, 0.15) is 20.3 Å². The molecule has 22 heavy (non-hydrogen) atoms. The number of urea groups is 1. The van der Waals surface area contributed by atoms with Gasteiger partial charge in [0, 0.05) is 18.1 Å². The third kappa shape index (κ3) is 3.52. The van der Waals surface area contributed by atoms with E-state index in [2.05, 4.69) is 5.32 Å². The molecule has 0 spiro atoms. The van der Waals surface area contributed by atoms with Crippen molar-refractivity contribution in [3.63, 3.8) is 0 Å². The highest BCUT2D eigenvalue weighted by Crippen LogP contribution is 2.26. The molecule has 1 aliphatic rings. The largest absolute Gasteiger partial charge is 0.323 e. The van der Waals surface area contributed by atoms with Crippen molar-refractivity contribution in [2.24, 2.45) is 0 Å². The van der Waals surface area contributed by atoms with Gasteiger partial charge in [-0.1, -0.05) is 11.6 Å². The van der Waals surface area contributed by atoms with Crippen LogP contribution in [-0.2, 0) is 9.84 Å². The number of nitrogens with one attached hydrogen (secondary N) is 1. The van der Waals surface area contributed by atoms with E-state index in [0.717, 1.165) is 6.07 Å². The van der Waals surface area contributed by atoms with Crippen LogP contribution in [0.3, 0.4) is 0 Å². The number of carbonyl (C=O) groups excluding carboxylic acids is 1. The summed E-state index contributed by atoms with van der Waals surface area (Å²) in [5.74, 6) is -0.736. The van der Waals surface area contributed by atoms with Crippen LogP contribution < -0.4 is 5.32 Å². The average Bonchev–Trinajstić information content (AvgIpc) is 2.51. The Labute approximate surface area is 134 Å². The van der Waals surface area contributed by atoms with Crippen molar-refractivity contribution in [3.8, 4) is 0 Å². The standard InChI is InChI=1S/C14H18ClFN2O3S/c1-14(2)5-6-18(7-8-22(14,20)21)13(19)17-12-4-3-10(15)9-11(12)16/h3-4,9H,5-8H2,1-2H3,(H,17,19). The summed E-state index contributed by atoms with van der Waals surface area (Å²) in [5.41, 5.74) is 0.0146. The van der Waals surface area contributed by atoms with E-state index in [1.807, 2.05) is 0 Å². The van der Waals surface area contributed by atoms with Gasteiger partial charge in [-0.25, -0.2) is 17.6 Å². The first-order valence-corrected chi connectivity index (χ1v) is 8.89. The number of carbonyl (C=O) groups is 1. The summed E-state index contributed by atoms with van der Waals surface area (Å²) < 4.78 is 37.0. The van der Waals surface area contributed by atoms with E-state index in [0.29, 0.717) is 13.0 Å². The number of benzene rings is 1. The lowest BCUT2D eigenvalue weighted by molar-refractivity contribution is 0.214. The number of nitrogens with zero attached hydrogens (tertiary/aromatic N) is 1. The number of sulfone groups is 1. The van der Waals surface area contributed by atoms with Crippen LogP contribution in [0.15, 0.2) is 18.2 Å². The van der Waals surface area contributed by atoms with Crippen LogP contribution >= 0.6 is 11.6 Å². The van der Waals surface area contributed by atoms with E-state index in [-0.39, 0.29) is 23.0 Å². The molecule has 1 saturated heterocycles. The second-order valence-corrected chi connectivity index (χ2v) is 9.05. The summed E-state index contributed by atoms with van der Waals surface area (Å²) in [6.45, 7) is 3.70. The summed E-state index contributed by atoms with van der Waals surface area (Å²) in [7, 11) is -3.26. The van der Waals surface area contributed by atoms with Crippen LogP contribution in [-0.4, -0.2) is 42.9 Å². The molecular formula is C14H18ClFN2O3S. The van der Waals surface area contributed by atoms with Crippen molar-refractivity contribution < 1.29 is 17.6 Å². The minimum atomic E-state index is -3.26. The Bertz CT molecular complexity index is 691. The van der Waals surface area contributed by atoms with Crippen molar-refractivity contribution in [1.82, 2.24) is 4.90 Å². The first-order chi connectivity index (χ1) is 10.1. The Morgan fingerprint density at radius 1 is 1.36 bits per heavy atom. The summed E-state index contributed by atoms with van der Waals surface area (Å²) in [5, 5.41) is 2.68. The maximum absolute atomic E-state index is 13.7. The van der Waals surface area contributed by atoms with Crippen molar-refractivity contribution in [2.45, 2.75) is 25.0 Å². The van der Waals surface area contributed by atoms with Gasteiger partial charge in [0.15, 0.2) is 9.84 Å². The monoisotopic (exact) mass is 348 g/mol. The molecule has 0 saturated carbocycles. The molecule has 0 atom stereocenters. The molecule has 0 unspecified atom stereocenters. The molecule has 0 aliphatic carbocycles. The maximum atomic E-state index is 13.7. The lowest BCUT2D eigenvalue weighted by Gasteiger charge is -2.22. The van der Waals surface area contributed by atoms with Crippen LogP contribution in [0, 0.1) is 5.82 Å². The molecule has 0 bridgehead atoms. The van der Waals surface area contributed by atoms with Crippen LogP contribution in [0.2, 0.25) is 5.02 Å². The van der Waals surface area contributed by atoms with E-state index < -0.39 is 26.4 Å². The third-order valence-corrected chi connectivity index (χ3v) is 6.76. The molecule has 1 aromatic carbocycles. The molecule has 0 aromatic heterocycles. The molecule has 8 heteroatoms. The highest BCUT2D eigenvalue weighted by atomic mass is 35.5. The molecular weight excluding hydrogens is 331 g/mol. The number of rotatable bonds is 1. The average molecular weight is 349 g/mol. The zero-order valence-electron chi connectivity index (χ0n) is 12.4. The first-order valence-electron chi connectivity index (χ1n) is 6.86. The summed E-state index contributed by atoms with van der Waals surface area (Å²) >= 11 is 5.66. The lowest BCUT2D eigenvalue weighted by Crippen LogP contribution is -2.37. The molecule has 1 aliphatic heterocycles. The van der Waals surface area contributed by atoms with Gasteiger partial charge in [0.25, 0.3) is 0 Å². The minimum absolute atomic E-state index is 0.0146. The van der Waals surface area contributed by atoms with Gasteiger partial charge in [0.1, 0.15) is 5.82 Å². The van der Waals surface area contributed by atoms with Gasteiger partial charge in [-0.3, -0.25) is 0 Å². The summed E-state index contributed by atoms with van der Waals surface area (Å²) in [4.78, 5) is 13.6. The van der Waals surface area contributed by atoms with Crippen molar-refractivity contribution in [3.05, 3.63) is 29.0 Å². The molecule has 1 fully saturated rings. The number of hydrogen-bond acceptors (Lipinski definition) is 3. The van der Waals surface area contributed by atoms with Gasteiger partial charge in [0.2, 0.25) is 0 Å². The van der Waals surface area contributed by atoms with Gasteiger partial charge in [-0.15, -0.1) is 0 Å². The predicted molar refractivity (Wildman–Crippen MR) is 84.5 cm³/mol. The second-order valence-electron chi connectivity index (χ2n) is 5.87. The number of hydrogen-bond donors (Lipinski definition) is 1. The zero-order chi connectivity index (χ0) is 16.5. The van der Waals surface area contributed by atoms with E-state index in [9.17, 15) is 17.6 Å². The van der Waals surface area contributed by atoms with Crippen LogP contribution in [0.25, 0.3) is 0 Å². The quantitative estimate of drug-likeness (QED) is 0.848. The fourth-order valence-corrected chi connectivity index (χ4v) is 3.74. The Balaban J connectivity index is 2.11. The van der Waals surface area contributed by atoms with Crippen LogP contribution in [0.5, 0.6) is 0 Å². The fourth-order valence-electron chi connectivity index (χ4n) is 2.17. The first kappa shape index (κ1) is 17.0. The molecule has 1 aromatic rings. The smallest absolute Gasteiger partial charge is 0.321 e. The summed E-state index contributed by atoms with van der Waals surface area (Å²) in [6, 6.07) is 3.42. The highest BCUT2D eigenvalue weighted by molar-refractivity contribution is 7.92. The number of anilines is 1. The fraction of sp³-hybridized carbons (Fsp3) is 0.500. The molecule has 2 rings (SSSR count). The second kappa shape index (κ2) is 6.04. The topological polar surface area (TPSA) is 66.5 Å². The Morgan fingerprint density at radius 2 is 2.05 bits per heavy atom. The van der Waals surface area contributed by atoms with Crippen molar-refractivity contribution in [1.29, 1.82) is 0 Å². The number of amides is 2. The van der Waals surface area contributed by atoms with Crippen LogP contribution in [0.4, 0.5) is 14.9 Å². The van der Waals surface area contributed by atoms with Gasteiger partial charge < -0.3 is 10.2 Å².